The molecular formula is C25H33N7O3. The molecule has 2 amide bonds. The zero-order valence-electron chi connectivity index (χ0n) is 20.4. The van der Waals surface area contributed by atoms with Crippen molar-refractivity contribution in [3.63, 3.8) is 0 Å². The van der Waals surface area contributed by atoms with Gasteiger partial charge in [0.15, 0.2) is 0 Å². The average molecular weight is 480 g/mol. The van der Waals surface area contributed by atoms with Crippen LogP contribution in [0, 0.1) is 0 Å². The number of aryl methyl sites for hydroxylation is 3. The number of amides is 2. The zero-order valence-corrected chi connectivity index (χ0v) is 20.4. The molecule has 4 heterocycles. The van der Waals surface area contributed by atoms with Gasteiger partial charge < -0.3 is 15.0 Å². The van der Waals surface area contributed by atoms with E-state index in [4.69, 9.17) is 4.98 Å². The Morgan fingerprint density at radius 3 is 2.80 bits per heavy atom. The molecule has 0 spiro atoms. The summed E-state index contributed by atoms with van der Waals surface area (Å²) in [6.45, 7) is 7.72. The molecule has 1 fully saturated rings. The van der Waals surface area contributed by atoms with Crippen molar-refractivity contribution in [1.29, 1.82) is 0 Å². The van der Waals surface area contributed by atoms with Crippen molar-refractivity contribution in [1.82, 2.24) is 29.5 Å². The third-order valence-corrected chi connectivity index (χ3v) is 7.24. The predicted molar refractivity (Wildman–Crippen MR) is 133 cm³/mol. The van der Waals surface area contributed by atoms with Gasteiger partial charge in [-0.25, -0.2) is 9.78 Å². The summed E-state index contributed by atoms with van der Waals surface area (Å²) in [5.74, 6) is 1.01. The van der Waals surface area contributed by atoms with Crippen LogP contribution >= 0.6 is 0 Å². The molecule has 10 nitrogen and oxygen atoms in total. The molecule has 0 radical (unpaired) electrons. The van der Waals surface area contributed by atoms with Crippen LogP contribution in [0.2, 0.25) is 0 Å². The van der Waals surface area contributed by atoms with E-state index in [1.807, 2.05) is 36.0 Å². The van der Waals surface area contributed by atoms with Gasteiger partial charge in [0, 0.05) is 76.1 Å². The van der Waals surface area contributed by atoms with E-state index in [2.05, 4.69) is 19.9 Å². The molecule has 10 heteroatoms. The van der Waals surface area contributed by atoms with Crippen LogP contribution in [0.15, 0.2) is 30.6 Å². The number of carbonyl (C=O) groups is 2. The Morgan fingerprint density at radius 1 is 1.20 bits per heavy atom. The molecule has 35 heavy (non-hydrogen) atoms. The smallest absolute Gasteiger partial charge is 0.412 e. The Balaban J connectivity index is 1.44. The number of carbonyl (C=O) groups excluding carboxylic acids is 1. The molecule has 5 rings (SSSR count). The summed E-state index contributed by atoms with van der Waals surface area (Å²) in [6, 6.07) is 6.05. The minimum atomic E-state index is -0.918. The molecule has 0 aliphatic carbocycles. The Labute approximate surface area is 204 Å². The SMILES string of the molecule is CC(=O)N[C@@H]1CCN(CCn2c(CCn3cccn3)nc3c4c(ccc32)N(C(=O)O)[C@@H](C)CC4)C1. The topological polar surface area (TPSA) is 109 Å². The van der Waals surface area contributed by atoms with Crippen molar-refractivity contribution >= 4 is 28.7 Å². The van der Waals surface area contributed by atoms with E-state index < -0.39 is 6.09 Å². The van der Waals surface area contributed by atoms with E-state index in [1.165, 1.54) is 4.90 Å². The predicted octanol–water partition coefficient (Wildman–Crippen LogP) is 2.51. The fraction of sp³-hybridized carbons (Fsp3) is 0.520. The highest BCUT2D eigenvalue weighted by Gasteiger charge is 2.31. The lowest BCUT2D eigenvalue weighted by molar-refractivity contribution is -0.119. The van der Waals surface area contributed by atoms with Gasteiger partial charge in [-0.15, -0.1) is 0 Å². The van der Waals surface area contributed by atoms with E-state index in [-0.39, 0.29) is 18.0 Å². The molecule has 3 aromatic rings. The van der Waals surface area contributed by atoms with Gasteiger partial charge in [-0.2, -0.15) is 5.10 Å². The number of carboxylic acid groups (broad SMARTS) is 1. The maximum absolute atomic E-state index is 12.0. The van der Waals surface area contributed by atoms with E-state index in [0.717, 1.165) is 86.5 Å². The minimum Gasteiger partial charge on any atom is -0.465 e. The zero-order chi connectivity index (χ0) is 24.5. The highest BCUT2D eigenvalue weighted by Crippen LogP contribution is 2.36. The highest BCUT2D eigenvalue weighted by atomic mass is 16.4. The van der Waals surface area contributed by atoms with Gasteiger partial charge in [0.1, 0.15) is 5.82 Å². The molecule has 0 unspecified atom stereocenters. The summed E-state index contributed by atoms with van der Waals surface area (Å²) in [5.41, 5.74) is 3.74. The van der Waals surface area contributed by atoms with E-state index in [1.54, 1.807) is 13.1 Å². The number of fused-ring (bicyclic) bond motifs is 3. The third-order valence-electron chi connectivity index (χ3n) is 7.24. The molecule has 2 aromatic heterocycles. The van der Waals surface area contributed by atoms with Gasteiger partial charge in [0.2, 0.25) is 5.91 Å². The number of hydrogen-bond acceptors (Lipinski definition) is 5. The first-order valence-corrected chi connectivity index (χ1v) is 12.4. The second-order valence-electron chi connectivity index (χ2n) is 9.66. The lowest BCUT2D eigenvalue weighted by Crippen LogP contribution is -2.41. The third kappa shape index (κ3) is 4.75. The van der Waals surface area contributed by atoms with Crippen molar-refractivity contribution in [2.24, 2.45) is 0 Å². The largest absolute Gasteiger partial charge is 0.465 e. The van der Waals surface area contributed by atoms with Crippen LogP contribution in [-0.4, -0.2) is 73.1 Å². The number of nitrogens with zero attached hydrogens (tertiary/aromatic N) is 6. The Bertz CT molecular complexity index is 1220. The maximum atomic E-state index is 12.0. The van der Waals surface area contributed by atoms with Crippen LogP contribution in [-0.2, 0) is 30.7 Å². The first-order valence-electron chi connectivity index (χ1n) is 12.4. The summed E-state index contributed by atoms with van der Waals surface area (Å²) in [6.07, 6.45) is 6.11. The van der Waals surface area contributed by atoms with Crippen molar-refractivity contribution in [2.75, 3.05) is 24.5 Å². The van der Waals surface area contributed by atoms with Gasteiger partial charge in [-0.3, -0.25) is 19.3 Å². The number of nitrogens with one attached hydrogen (secondary N) is 1. The number of anilines is 1. The second-order valence-corrected chi connectivity index (χ2v) is 9.66. The monoisotopic (exact) mass is 479 g/mol. The van der Waals surface area contributed by atoms with E-state index in [9.17, 15) is 14.7 Å². The quantitative estimate of drug-likeness (QED) is 0.539. The number of aromatic nitrogens is 4. The maximum Gasteiger partial charge on any atom is 0.412 e. The van der Waals surface area contributed by atoms with Crippen LogP contribution < -0.4 is 10.2 Å². The van der Waals surface area contributed by atoms with E-state index >= 15 is 0 Å². The number of rotatable bonds is 7. The van der Waals surface area contributed by atoms with Crippen LogP contribution in [0.3, 0.4) is 0 Å². The van der Waals surface area contributed by atoms with Gasteiger partial charge in [-0.1, -0.05) is 0 Å². The molecule has 1 aromatic carbocycles. The number of imidazole rings is 1. The molecule has 2 aliphatic rings. The van der Waals surface area contributed by atoms with Crippen molar-refractivity contribution in [3.8, 4) is 0 Å². The summed E-state index contributed by atoms with van der Waals surface area (Å²) in [5, 5.41) is 17.2. The lowest BCUT2D eigenvalue weighted by atomic mass is 9.96. The number of likely N-dealkylation sites (tertiary alicyclic amines) is 1. The first kappa shape index (κ1) is 23.3. The Hall–Kier alpha value is -3.40. The van der Waals surface area contributed by atoms with Crippen LogP contribution in [0.5, 0.6) is 0 Å². The Kier molecular flexibility index (Phi) is 6.46. The lowest BCUT2D eigenvalue weighted by Gasteiger charge is -2.33. The molecule has 0 saturated carbocycles. The minimum absolute atomic E-state index is 0.0212. The van der Waals surface area contributed by atoms with Crippen LogP contribution in [0.1, 0.15) is 38.1 Å². The molecule has 186 valence electrons. The fourth-order valence-corrected chi connectivity index (χ4v) is 5.54. The molecular weight excluding hydrogens is 446 g/mol. The Morgan fingerprint density at radius 2 is 2.06 bits per heavy atom. The van der Waals surface area contributed by atoms with Gasteiger partial charge >= 0.3 is 6.09 Å². The average Bonchev–Trinajstić information content (AvgIpc) is 3.55. The van der Waals surface area contributed by atoms with Gasteiger partial charge in [-0.05, 0) is 44.4 Å². The van der Waals surface area contributed by atoms with Gasteiger partial charge in [0.05, 0.1) is 16.7 Å². The van der Waals surface area contributed by atoms with Crippen LogP contribution in [0.25, 0.3) is 11.0 Å². The van der Waals surface area contributed by atoms with Crippen LogP contribution in [0.4, 0.5) is 10.5 Å². The molecule has 0 bridgehead atoms. The second kappa shape index (κ2) is 9.69. The summed E-state index contributed by atoms with van der Waals surface area (Å²) < 4.78 is 4.19. The van der Waals surface area contributed by atoms with E-state index in [0.29, 0.717) is 0 Å². The highest BCUT2D eigenvalue weighted by molar-refractivity contribution is 5.94. The van der Waals surface area contributed by atoms with Gasteiger partial charge in [0.25, 0.3) is 0 Å². The normalized spacial score (nSPS) is 20.3. The standard InChI is InChI=1S/C25H33N7O3/c1-17-4-5-20-21(32(17)25(34)35)6-7-22-24(20)28-23(9-13-30-11-3-10-26-30)31(22)15-14-29-12-8-19(16-29)27-18(2)33/h3,6-7,10-11,17,19H,4-5,8-9,12-16H2,1-2H3,(H,27,33)(H,34,35)/t17-,19+/m0/s1. The van der Waals surface area contributed by atoms with Crippen molar-refractivity contribution in [3.05, 3.63) is 42.0 Å². The molecule has 1 saturated heterocycles. The summed E-state index contributed by atoms with van der Waals surface area (Å²) in [4.78, 5) is 32.3. The number of benzene rings is 1. The molecule has 2 N–H and O–H groups in total. The number of hydrogen-bond donors (Lipinski definition) is 2. The molecule has 2 aliphatic heterocycles. The molecule has 2 atom stereocenters. The summed E-state index contributed by atoms with van der Waals surface area (Å²) >= 11 is 0. The fourth-order valence-electron chi connectivity index (χ4n) is 5.54. The first-order chi connectivity index (χ1) is 16.9. The van der Waals surface area contributed by atoms with Crippen molar-refractivity contribution in [2.45, 2.75) is 64.7 Å². The summed E-state index contributed by atoms with van der Waals surface area (Å²) in [7, 11) is 0. The van der Waals surface area contributed by atoms with Crippen molar-refractivity contribution < 1.29 is 14.7 Å².